The molecule has 4 heterocycles. The van der Waals surface area contributed by atoms with E-state index in [0.29, 0.717) is 50.6 Å². The van der Waals surface area contributed by atoms with Gasteiger partial charge in [-0.2, -0.15) is 0 Å². The van der Waals surface area contributed by atoms with E-state index < -0.39 is 27.5 Å². The summed E-state index contributed by atoms with van der Waals surface area (Å²) >= 11 is 1.25. The lowest BCUT2D eigenvalue weighted by Crippen LogP contribution is -2.65. The second kappa shape index (κ2) is 8.86. The third-order valence-electron chi connectivity index (χ3n) is 7.80. The molecule has 6 rings (SSSR count). The van der Waals surface area contributed by atoms with Crippen LogP contribution in [0.3, 0.4) is 0 Å². The van der Waals surface area contributed by atoms with E-state index in [1.165, 1.54) is 48.3 Å². The molecule has 1 aromatic heterocycles. The number of morpholine rings is 1. The third kappa shape index (κ3) is 3.99. The van der Waals surface area contributed by atoms with Crippen molar-refractivity contribution in [3.05, 3.63) is 70.6 Å². The lowest BCUT2D eigenvalue weighted by Gasteiger charge is -2.48. The Balaban J connectivity index is 1.30. The Morgan fingerprint density at radius 1 is 1.34 bits per heavy atom. The SMILES string of the molecule is [C-]#[N+]c1ccc(/C(F)=C/c2ccc(F)c([C@@]3(C)N=C(N)S[C@@]4(C(=O)N5CCOC6(COC6)C5)C[C@H]43)c2)nc1. The third-order valence-corrected chi connectivity index (χ3v) is 9.09. The number of nitrogens with two attached hydrogens (primary N) is 1. The van der Waals surface area contributed by atoms with Gasteiger partial charge in [0.15, 0.2) is 5.17 Å². The molecule has 1 amide bonds. The van der Waals surface area contributed by atoms with Crippen LogP contribution in [0.25, 0.3) is 16.7 Å². The van der Waals surface area contributed by atoms with Gasteiger partial charge in [0.1, 0.15) is 22.0 Å². The fourth-order valence-electron chi connectivity index (χ4n) is 5.68. The minimum Gasteiger partial charge on any atom is -0.378 e. The van der Waals surface area contributed by atoms with Crippen LogP contribution in [0.1, 0.15) is 30.2 Å². The zero-order chi connectivity index (χ0) is 26.7. The number of nitrogens with zero attached hydrogens (tertiary/aromatic N) is 4. The van der Waals surface area contributed by atoms with Gasteiger partial charge in [0.25, 0.3) is 0 Å². The van der Waals surface area contributed by atoms with Crippen molar-refractivity contribution < 1.29 is 23.0 Å². The van der Waals surface area contributed by atoms with E-state index in [4.69, 9.17) is 21.8 Å². The maximum atomic E-state index is 15.3. The monoisotopic (exact) mass is 537 g/mol. The number of amidine groups is 1. The van der Waals surface area contributed by atoms with Gasteiger partial charge in [-0.1, -0.05) is 23.9 Å². The van der Waals surface area contributed by atoms with Crippen molar-refractivity contribution in [3.63, 3.8) is 0 Å². The number of carbonyl (C=O) groups excluding carboxylic acids is 1. The fourth-order valence-corrected chi connectivity index (χ4v) is 7.13. The van der Waals surface area contributed by atoms with Gasteiger partial charge in [-0.25, -0.2) is 13.6 Å². The van der Waals surface area contributed by atoms with E-state index >= 15 is 4.39 Å². The van der Waals surface area contributed by atoms with Gasteiger partial charge in [-0.15, -0.1) is 0 Å². The highest BCUT2D eigenvalue weighted by Gasteiger charge is 2.71. The molecule has 196 valence electrons. The first-order valence-electron chi connectivity index (χ1n) is 12.2. The first-order valence-corrected chi connectivity index (χ1v) is 13.1. The predicted octanol–water partition coefficient (Wildman–Crippen LogP) is 3.90. The van der Waals surface area contributed by atoms with Crippen LogP contribution in [0.15, 0.2) is 41.5 Å². The van der Waals surface area contributed by atoms with Crippen LogP contribution in [0.5, 0.6) is 0 Å². The Hall–Kier alpha value is -3.33. The van der Waals surface area contributed by atoms with Crippen molar-refractivity contribution in [1.82, 2.24) is 9.88 Å². The quantitative estimate of drug-likeness (QED) is 0.595. The van der Waals surface area contributed by atoms with Crippen LogP contribution >= 0.6 is 11.8 Å². The summed E-state index contributed by atoms with van der Waals surface area (Å²) in [5.74, 6) is -1.44. The Kier molecular flexibility index (Phi) is 5.83. The van der Waals surface area contributed by atoms with E-state index in [1.54, 1.807) is 13.0 Å². The normalized spacial score (nSPS) is 29.6. The molecule has 3 aliphatic heterocycles. The molecule has 2 aromatic rings. The summed E-state index contributed by atoms with van der Waals surface area (Å²) in [6.45, 7) is 11.1. The number of pyridine rings is 1. The number of amides is 1. The maximum Gasteiger partial charge on any atom is 0.239 e. The predicted molar refractivity (Wildman–Crippen MR) is 139 cm³/mol. The Labute approximate surface area is 222 Å². The van der Waals surface area contributed by atoms with Gasteiger partial charge in [0.2, 0.25) is 11.6 Å². The highest BCUT2D eigenvalue weighted by Crippen LogP contribution is 2.66. The molecule has 0 bridgehead atoms. The molecular formula is C27H25F2N5O3S. The van der Waals surface area contributed by atoms with Crippen LogP contribution in [0, 0.1) is 18.3 Å². The molecule has 3 fully saturated rings. The number of fused-ring (bicyclic) bond motifs is 1. The maximum absolute atomic E-state index is 15.3. The molecule has 1 spiro atoms. The molecule has 1 aromatic carbocycles. The molecule has 8 nitrogen and oxygen atoms in total. The van der Waals surface area contributed by atoms with Gasteiger partial charge in [0.05, 0.1) is 44.2 Å². The Bertz CT molecular complexity index is 1420. The summed E-state index contributed by atoms with van der Waals surface area (Å²) in [6.07, 6.45) is 3.06. The van der Waals surface area contributed by atoms with Crippen LogP contribution in [0.2, 0.25) is 0 Å². The van der Waals surface area contributed by atoms with E-state index in [9.17, 15) is 9.18 Å². The molecule has 11 heteroatoms. The van der Waals surface area contributed by atoms with Gasteiger partial charge in [-0.3, -0.25) is 14.8 Å². The smallest absolute Gasteiger partial charge is 0.239 e. The number of ether oxygens (including phenoxy) is 2. The number of hydrogen-bond donors (Lipinski definition) is 1. The summed E-state index contributed by atoms with van der Waals surface area (Å²) in [5, 5.41) is 0.222. The number of carbonyl (C=O) groups is 1. The highest BCUT2D eigenvalue weighted by atomic mass is 32.2. The van der Waals surface area contributed by atoms with E-state index in [-0.39, 0.29) is 28.3 Å². The van der Waals surface area contributed by atoms with Crippen LogP contribution in [-0.2, 0) is 19.8 Å². The summed E-state index contributed by atoms with van der Waals surface area (Å²) in [4.78, 5) is 27.5. The van der Waals surface area contributed by atoms with Crippen molar-refractivity contribution >= 4 is 40.4 Å². The molecular weight excluding hydrogens is 512 g/mol. The number of aliphatic imine (C=N–C) groups is 1. The number of halogens is 2. The zero-order valence-corrected chi connectivity index (χ0v) is 21.4. The van der Waals surface area contributed by atoms with Gasteiger partial charge in [0, 0.05) is 24.2 Å². The lowest BCUT2D eigenvalue weighted by atomic mass is 9.84. The number of aromatic nitrogens is 1. The minimum atomic E-state index is -1.10. The van der Waals surface area contributed by atoms with E-state index in [0.717, 1.165) is 0 Å². The van der Waals surface area contributed by atoms with Gasteiger partial charge in [-0.05, 0) is 43.2 Å². The topological polar surface area (TPSA) is 94.4 Å². The Morgan fingerprint density at radius 3 is 2.84 bits per heavy atom. The van der Waals surface area contributed by atoms with E-state index in [2.05, 4.69) is 14.8 Å². The second-order valence-electron chi connectivity index (χ2n) is 10.3. The Morgan fingerprint density at radius 2 is 2.16 bits per heavy atom. The fraction of sp³-hybridized carbons (Fsp3) is 0.407. The first-order chi connectivity index (χ1) is 18.2. The van der Waals surface area contributed by atoms with Crippen LogP contribution in [-0.4, -0.2) is 64.2 Å². The number of thioether (sulfide) groups is 1. The van der Waals surface area contributed by atoms with E-state index in [1.807, 2.05) is 4.90 Å². The lowest BCUT2D eigenvalue weighted by molar-refractivity contribution is -0.236. The second-order valence-corrected chi connectivity index (χ2v) is 11.7. The number of rotatable bonds is 4. The van der Waals surface area contributed by atoms with Gasteiger partial charge < -0.3 is 20.1 Å². The van der Waals surface area contributed by atoms with Gasteiger partial charge >= 0.3 is 0 Å². The van der Waals surface area contributed by atoms with Crippen molar-refractivity contribution in [2.75, 3.05) is 32.9 Å². The molecule has 1 saturated carbocycles. The molecule has 2 saturated heterocycles. The molecule has 4 aliphatic rings. The molecule has 38 heavy (non-hydrogen) atoms. The average molecular weight is 538 g/mol. The largest absolute Gasteiger partial charge is 0.378 e. The molecule has 3 atom stereocenters. The molecule has 0 unspecified atom stereocenters. The average Bonchev–Trinajstić information content (AvgIpc) is 3.65. The summed E-state index contributed by atoms with van der Waals surface area (Å²) in [5.41, 5.74) is 5.75. The summed E-state index contributed by atoms with van der Waals surface area (Å²) < 4.78 is 40.6. The first kappa shape index (κ1) is 25.0. The summed E-state index contributed by atoms with van der Waals surface area (Å²) in [6, 6.07) is 7.20. The number of hydrogen-bond acceptors (Lipinski definition) is 7. The highest BCUT2D eigenvalue weighted by molar-refractivity contribution is 8.15. The zero-order valence-electron chi connectivity index (χ0n) is 20.6. The van der Waals surface area contributed by atoms with Crippen molar-refractivity contribution in [2.45, 2.75) is 29.2 Å². The molecule has 1 aliphatic carbocycles. The number of benzene rings is 1. The minimum absolute atomic E-state index is 0.0393. The standard InChI is InChI=1S/C27H25F2N5O3S/c1-25(18-9-16(3-5-19(18)28)10-20(29)21-6-4-17(31-2)12-32-21)22-11-27(22,38-24(30)33-25)23(35)34-7-8-37-26(13-34)14-36-15-26/h3-6,9-10,12,22H,7-8,11,13-15H2,1H3,(H2,30,33)/b20-10-/t22-,25+,27-/m0/s1. The summed E-state index contributed by atoms with van der Waals surface area (Å²) in [7, 11) is 0. The van der Waals surface area contributed by atoms with Crippen molar-refractivity contribution in [1.29, 1.82) is 0 Å². The van der Waals surface area contributed by atoms with Crippen molar-refractivity contribution in [2.24, 2.45) is 16.6 Å². The molecule has 0 radical (unpaired) electrons. The van der Waals surface area contributed by atoms with Crippen LogP contribution < -0.4 is 5.73 Å². The van der Waals surface area contributed by atoms with Crippen molar-refractivity contribution in [3.8, 4) is 0 Å². The van der Waals surface area contributed by atoms with Crippen LogP contribution in [0.4, 0.5) is 14.5 Å². The molecule has 2 N–H and O–H groups in total.